The zero-order chi connectivity index (χ0) is 24.7. The van der Waals surface area contributed by atoms with Crippen LogP contribution in [0.15, 0.2) is 30.6 Å². The second-order valence-corrected chi connectivity index (χ2v) is 8.68. The van der Waals surface area contributed by atoms with E-state index in [-0.39, 0.29) is 11.5 Å². The highest BCUT2D eigenvalue weighted by Crippen LogP contribution is 2.31. The minimum atomic E-state index is -2.92. The van der Waals surface area contributed by atoms with Gasteiger partial charge in [0.05, 0.1) is 22.6 Å². The normalized spacial score (nSPS) is 15.2. The molecule has 0 unspecified atom stereocenters. The van der Waals surface area contributed by atoms with Gasteiger partial charge in [0.15, 0.2) is 11.3 Å². The summed E-state index contributed by atoms with van der Waals surface area (Å²) in [6.45, 7) is 4.69. The van der Waals surface area contributed by atoms with E-state index in [1.165, 1.54) is 23.0 Å². The molecule has 182 valence electrons. The highest BCUT2D eigenvalue weighted by atomic mass is 19.3. The molecule has 0 saturated carbocycles. The van der Waals surface area contributed by atoms with Gasteiger partial charge >= 0.3 is 0 Å². The van der Waals surface area contributed by atoms with Gasteiger partial charge in [-0.15, -0.1) is 0 Å². The largest absolute Gasteiger partial charge is 0.363 e. The Morgan fingerprint density at radius 3 is 2.57 bits per heavy atom. The Morgan fingerprint density at radius 2 is 1.83 bits per heavy atom. The quantitative estimate of drug-likeness (QED) is 0.436. The first-order chi connectivity index (χ1) is 16.8. The first-order valence-electron chi connectivity index (χ1n) is 11.5. The van der Waals surface area contributed by atoms with Crippen LogP contribution in [0, 0.1) is 12.7 Å². The predicted molar refractivity (Wildman–Crippen MR) is 124 cm³/mol. The van der Waals surface area contributed by atoms with Gasteiger partial charge in [-0.25, -0.2) is 28.1 Å². The van der Waals surface area contributed by atoms with E-state index in [1.807, 2.05) is 0 Å². The van der Waals surface area contributed by atoms with E-state index in [4.69, 9.17) is 0 Å². The molecule has 1 fully saturated rings. The smallest absolute Gasteiger partial charge is 0.266 e. The van der Waals surface area contributed by atoms with Crippen molar-refractivity contribution < 1.29 is 18.0 Å². The lowest BCUT2D eigenvalue weighted by atomic mass is 10.0. The third kappa shape index (κ3) is 4.15. The number of rotatable bonds is 5. The van der Waals surface area contributed by atoms with Crippen LogP contribution in [0.25, 0.3) is 16.7 Å². The summed E-state index contributed by atoms with van der Waals surface area (Å²) in [6.07, 6.45) is 1.41. The maximum atomic E-state index is 14.8. The van der Waals surface area contributed by atoms with Crippen LogP contribution in [0.1, 0.15) is 66.0 Å². The van der Waals surface area contributed by atoms with E-state index in [0.717, 1.165) is 25.3 Å². The van der Waals surface area contributed by atoms with Crippen LogP contribution in [0.5, 0.6) is 0 Å². The molecule has 1 amide bonds. The number of carbonyl (C=O) groups excluding carboxylic acids is 1. The number of benzene rings is 1. The van der Waals surface area contributed by atoms with Gasteiger partial charge in [-0.2, -0.15) is 9.61 Å². The maximum absolute atomic E-state index is 14.8. The highest BCUT2D eigenvalue weighted by molar-refractivity contribution is 6.04. The monoisotopic (exact) mass is 483 g/mol. The molecule has 0 spiro atoms. The van der Waals surface area contributed by atoms with Gasteiger partial charge in [-0.05, 0) is 39.2 Å². The molecular weight excluding hydrogens is 459 g/mol. The summed E-state index contributed by atoms with van der Waals surface area (Å²) in [5.41, 5.74) is 0.612. The van der Waals surface area contributed by atoms with Gasteiger partial charge < -0.3 is 10.2 Å². The first-order valence-corrected chi connectivity index (χ1v) is 11.5. The number of halogens is 3. The fraction of sp³-hybridized carbons (Fsp3) is 0.375. The molecule has 4 aromatic rings. The molecular formula is C24H24F3N7O. The number of fused-ring (bicyclic) bond motifs is 3. The Balaban J connectivity index is 1.61. The number of pyridine rings is 1. The van der Waals surface area contributed by atoms with Crippen molar-refractivity contribution in [1.82, 2.24) is 29.5 Å². The van der Waals surface area contributed by atoms with Gasteiger partial charge in [0.1, 0.15) is 23.8 Å². The van der Waals surface area contributed by atoms with E-state index >= 15 is 0 Å². The molecule has 0 aliphatic carbocycles. The number of anilines is 1. The topological polar surface area (TPSA) is 88.3 Å². The lowest BCUT2D eigenvalue weighted by molar-refractivity contribution is 0.0726. The van der Waals surface area contributed by atoms with Crippen LogP contribution in [-0.4, -0.2) is 48.5 Å². The molecule has 3 aromatic heterocycles. The summed E-state index contributed by atoms with van der Waals surface area (Å²) >= 11 is 0. The third-order valence-corrected chi connectivity index (χ3v) is 6.30. The molecule has 1 aliphatic rings. The second kappa shape index (κ2) is 9.12. The number of carbonyl (C=O) groups is 1. The van der Waals surface area contributed by atoms with Gasteiger partial charge in [-0.3, -0.25) is 4.79 Å². The molecule has 1 saturated heterocycles. The SMILES string of the molecule is Cc1nc(N[C@H](C)c2cccc(C(F)F)c2F)c2cc(C(=O)N3CCCCC3)c3ncnn3c2n1. The van der Waals surface area contributed by atoms with E-state index in [9.17, 15) is 18.0 Å². The molecule has 35 heavy (non-hydrogen) atoms. The number of piperidine rings is 1. The molecule has 8 nitrogen and oxygen atoms in total. The predicted octanol–water partition coefficient (Wildman–Crippen LogP) is 4.86. The molecule has 4 heterocycles. The summed E-state index contributed by atoms with van der Waals surface area (Å²) < 4.78 is 42.7. The average molecular weight is 483 g/mol. The highest BCUT2D eigenvalue weighted by Gasteiger charge is 2.25. The summed E-state index contributed by atoms with van der Waals surface area (Å²) in [5.74, 6) is -0.357. The fourth-order valence-electron chi connectivity index (χ4n) is 4.54. The van der Waals surface area contributed by atoms with Crippen molar-refractivity contribution in [2.75, 3.05) is 18.4 Å². The summed E-state index contributed by atoms with van der Waals surface area (Å²) in [7, 11) is 0. The van der Waals surface area contributed by atoms with Crippen LogP contribution in [0.2, 0.25) is 0 Å². The molecule has 11 heteroatoms. The molecule has 5 rings (SSSR count). The number of amides is 1. The standard InChI is InChI=1S/C24H24F3N7O/c1-13(15-7-6-8-16(19(15)25)20(26)27)30-21-17-11-18(24(35)33-9-4-3-5-10-33)22-28-12-29-34(22)23(17)32-14(2)31-21/h6-8,11-13,20H,3-5,9-10H2,1-2H3,(H,30,31,32)/t13-/m1/s1. The Kier molecular flexibility index (Phi) is 6.00. The summed E-state index contributed by atoms with van der Waals surface area (Å²) in [4.78, 5) is 28.5. The minimum Gasteiger partial charge on any atom is -0.363 e. The second-order valence-electron chi connectivity index (χ2n) is 8.68. The van der Waals surface area contributed by atoms with Gasteiger partial charge in [0.2, 0.25) is 0 Å². The minimum absolute atomic E-state index is 0.0821. The van der Waals surface area contributed by atoms with Crippen molar-refractivity contribution in [1.29, 1.82) is 0 Å². The number of hydrogen-bond acceptors (Lipinski definition) is 6. The molecule has 0 radical (unpaired) electrons. The van der Waals surface area contributed by atoms with Crippen molar-refractivity contribution in [3.63, 3.8) is 0 Å². The van der Waals surface area contributed by atoms with Crippen molar-refractivity contribution in [3.8, 4) is 0 Å². The number of likely N-dealkylation sites (tertiary alicyclic amines) is 1. The lowest BCUT2D eigenvalue weighted by Gasteiger charge is -2.27. The number of alkyl halides is 2. The zero-order valence-corrected chi connectivity index (χ0v) is 19.3. The number of aryl methyl sites for hydroxylation is 1. The van der Waals surface area contributed by atoms with Crippen LogP contribution in [-0.2, 0) is 0 Å². The van der Waals surface area contributed by atoms with E-state index in [1.54, 1.807) is 24.8 Å². The van der Waals surface area contributed by atoms with Crippen molar-refractivity contribution in [2.24, 2.45) is 0 Å². The lowest BCUT2D eigenvalue weighted by Crippen LogP contribution is -2.36. The average Bonchev–Trinajstić information content (AvgIpc) is 3.34. The van der Waals surface area contributed by atoms with E-state index < -0.39 is 23.8 Å². The van der Waals surface area contributed by atoms with Gasteiger partial charge in [-0.1, -0.05) is 18.2 Å². The molecule has 0 bridgehead atoms. The first kappa shape index (κ1) is 23.0. The van der Waals surface area contributed by atoms with Crippen LogP contribution >= 0.6 is 0 Å². The van der Waals surface area contributed by atoms with Crippen LogP contribution < -0.4 is 5.32 Å². The molecule has 1 aromatic carbocycles. The van der Waals surface area contributed by atoms with Crippen molar-refractivity contribution >= 4 is 28.4 Å². The van der Waals surface area contributed by atoms with Crippen molar-refractivity contribution in [2.45, 2.75) is 45.6 Å². The summed E-state index contributed by atoms with van der Waals surface area (Å²) in [6, 6.07) is 4.90. The Hall–Kier alpha value is -3.76. The van der Waals surface area contributed by atoms with Crippen molar-refractivity contribution in [3.05, 3.63) is 58.9 Å². The van der Waals surface area contributed by atoms with Gasteiger partial charge in [0.25, 0.3) is 12.3 Å². The van der Waals surface area contributed by atoms with E-state index in [0.29, 0.717) is 47.0 Å². The Bertz CT molecular complexity index is 1420. The number of nitrogens with zero attached hydrogens (tertiary/aromatic N) is 6. The molecule has 1 atom stereocenters. The molecule has 1 N–H and O–H groups in total. The number of hydrogen-bond donors (Lipinski definition) is 1. The summed E-state index contributed by atoms with van der Waals surface area (Å²) in [5, 5.41) is 7.89. The number of aromatic nitrogens is 5. The Labute approximate surface area is 199 Å². The van der Waals surface area contributed by atoms with Gasteiger partial charge in [0, 0.05) is 18.7 Å². The Morgan fingerprint density at radius 1 is 1.09 bits per heavy atom. The zero-order valence-electron chi connectivity index (χ0n) is 19.3. The number of nitrogens with one attached hydrogen (secondary N) is 1. The molecule has 1 aliphatic heterocycles. The van der Waals surface area contributed by atoms with E-state index in [2.05, 4.69) is 25.4 Å². The fourth-order valence-corrected chi connectivity index (χ4v) is 4.54. The maximum Gasteiger partial charge on any atom is 0.266 e. The van der Waals surface area contributed by atoms with Crippen LogP contribution in [0.4, 0.5) is 19.0 Å². The van der Waals surface area contributed by atoms with Crippen LogP contribution in [0.3, 0.4) is 0 Å². The third-order valence-electron chi connectivity index (χ3n) is 6.30.